The van der Waals surface area contributed by atoms with E-state index >= 15 is 0 Å². The molecule has 2 aromatic carbocycles. The van der Waals surface area contributed by atoms with Crippen molar-refractivity contribution in [1.29, 1.82) is 0 Å². The fourth-order valence-electron chi connectivity index (χ4n) is 3.21. The Morgan fingerprint density at radius 2 is 1.79 bits per heavy atom. The highest BCUT2D eigenvalue weighted by Gasteiger charge is 2.18. The molecule has 4 rings (SSSR count). The summed E-state index contributed by atoms with van der Waals surface area (Å²) in [5, 5.41) is 6.40. The predicted molar refractivity (Wildman–Crippen MR) is 107 cm³/mol. The third-order valence-electron chi connectivity index (χ3n) is 4.41. The van der Waals surface area contributed by atoms with Crippen molar-refractivity contribution in [3.63, 3.8) is 0 Å². The number of carbonyl (C=O) groups excluding carboxylic acids is 1. The van der Waals surface area contributed by atoms with Crippen molar-refractivity contribution in [2.75, 3.05) is 28.6 Å². The Bertz CT molecular complexity index is 825. The number of nitrogens with zero attached hydrogens (tertiary/aromatic N) is 1. The van der Waals surface area contributed by atoms with Crippen LogP contribution < -0.4 is 15.5 Å². The van der Waals surface area contributed by atoms with Gasteiger partial charge in [0.25, 0.3) is 5.91 Å². The van der Waals surface area contributed by atoms with Gasteiger partial charge in [-0.1, -0.05) is 12.1 Å². The number of rotatable bonds is 2. The van der Waals surface area contributed by atoms with Crippen LogP contribution in [-0.2, 0) is 4.79 Å². The SMILES string of the molecule is O=C1C=C(c2cccc(I)c2)Nc2ccc(N3CCCC3)cc2N1. The van der Waals surface area contributed by atoms with Crippen molar-refractivity contribution in [3.05, 3.63) is 57.7 Å². The Balaban J connectivity index is 1.68. The van der Waals surface area contributed by atoms with Crippen LogP contribution in [0.3, 0.4) is 0 Å². The Hall–Kier alpha value is -2.02. The van der Waals surface area contributed by atoms with E-state index in [1.54, 1.807) is 6.08 Å². The maximum Gasteiger partial charge on any atom is 0.250 e. The Kier molecular flexibility index (Phi) is 4.18. The molecule has 0 saturated carbocycles. The lowest BCUT2D eigenvalue weighted by molar-refractivity contribution is -0.111. The minimum absolute atomic E-state index is 0.103. The van der Waals surface area contributed by atoms with E-state index < -0.39 is 0 Å². The molecule has 5 heteroatoms. The van der Waals surface area contributed by atoms with Crippen molar-refractivity contribution in [3.8, 4) is 0 Å². The van der Waals surface area contributed by atoms with Crippen LogP contribution in [0.15, 0.2) is 48.5 Å². The van der Waals surface area contributed by atoms with Crippen molar-refractivity contribution in [2.45, 2.75) is 12.8 Å². The lowest BCUT2D eigenvalue weighted by atomic mass is 10.1. The summed E-state index contributed by atoms with van der Waals surface area (Å²) in [4.78, 5) is 14.7. The summed E-state index contributed by atoms with van der Waals surface area (Å²) in [5.74, 6) is -0.103. The molecule has 24 heavy (non-hydrogen) atoms. The van der Waals surface area contributed by atoms with Crippen LogP contribution in [-0.4, -0.2) is 19.0 Å². The number of anilines is 3. The van der Waals surface area contributed by atoms with E-state index in [4.69, 9.17) is 0 Å². The summed E-state index contributed by atoms with van der Waals surface area (Å²) in [7, 11) is 0. The molecule has 0 spiro atoms. The Morgan fingerprint density at radius 3 is 2.58 bits per heavy atom. The van der Waals surface area contributed by atoms with Crippen molar-refractivity contribution >= 4 is 51.3 Å². The summed E-state index contributed by atoms with van der Waals surface area (Å²) < 4.78 is 1.14. The van der Waals surface area contributed by atoms with Crippen LogP contribution in [0.25, 0.3) is 5.70 Å². The van der Waals surface area contributed by atoms with Gasteiger partial charge in [0.15, 0.2) is 0 Å². The van der Waals surface area contributed by atoms with Gasteiger partial charge in [0.1, 0.15) is 0 Å². The van der Waals surface area contributed by atoms with E-state index in [2.05, 4.69) is 62.4 Å². The van der Waals surface area contributed by atoms with Crippen LogP contribution in [0, 0.1) is 3.57 Å². The van der Waals surface area contributed by atoms with Crippen molar-refractivity contribution in [1.82, 2.24) is 0 Å². The number of carbonyl (C=O) groups is 1. The van der Waals surface area contributed by atoms with Gasteiger partial charge in [0.05, 0.1) is 17.1 Å². The van der Waals surface area contributed by atoms with E-state index in [9.17, 15) is 4.79 Å². The highest BCUT2D eigenvalue weighted by Crippen LogP contribution is 2.33. The molecule has 1 saturated heterocycles. The third kappa shape index (κ3) is 3.13. The number of nitrogens with one attached hydrogen (secondary N) is 2. The minimum atomic E-state index is -0.103. The summed E-state index contributed by atoms with van der Waals surface area (Å²) in [6, 6.07) is 14.4. The summed E-state index contributed by atoms with van der Waals surface area (Å²) in [6.07, 6.45) is 4.10. The zero-order valence-electron chi connectivity index (χ0n) is 13.2. The predicted octanol–water partition coefficient (Wildman–Crippen LogP) is 4.30. The molecule has 2 aliphatic heterocycles. The molecule has 122 valence electrons. The second-order valence-electron chi connectivity index (χ2n) is 6.11. The van der Waals surface area contributed by atoms with E-state index in [0.717, 1.165) is 39.3 Å². The zero-order chi connectivity index (χ0) is 16.5. The van der Waals surface area contributed by atoms with Crippen LogP contribution in [0.1, 0.15) is 18.4 Å². The average molecular weight is 431 g/mol. The molecule has 2 aromatic rings. The monoisotopic (exact) mass is 431 g/mol. The fourth-order valence-corrected chi connectivity index (χ4v) is 3.75. The van der Waals surface area contributed by atoms with Crippen LogP contribution in [0.5, 0.6) is 0 Å². The molecule has 0 aromatic heterocycles. The maximum atomic E-state index is 12.3. The van der Waals surface area contributed by atoms with E-state index in [-0.39, 0.29) is 5.91 Å². The first-order chi connectivity index (χ1) is 11.7. The van der Waals surface area contributed by atoms with E-state index in [1.165, 1.54) is 18.5 Å². The fraction of sp³-hybridized carbons (Fsp3) is 0.211. The highest BCUT2D eigenvalue weighted by atomic mass is 127. The Morgan fingerprint density at radius 1 is 0.958 bits per heavy atom. The zero-order valence-corrected chi connectivity index (χ0v) is 15.3. The number of benzene rings is 2. The molecule has 0 unspecified atom stereocenters. The molecule has 4 nitrogen and oxygen atoms in total. The van der Waals surface area contributed by atoms with Crippen LogP contribution in [0.4, 0.5) is 17.1 Å². The summed E-state index contributed by atoms with van der Waals surface area (Å²) in [6.45, 7) is 2.18. The normalized spacial score (nSPS) is 16.8. The lowest BCUT2D eigenvalue weighted by Crippen LogP contribution is -2.18. The smallest absolute Gasteiger partial charge is 0.250 e. The Labute approximate surface area is 155 Å². The number of hydrogen-bond donors (Lipinski definition) is 2. The van der Waals surface area contributed by atoms with Crippen molar-refractivity contribution < 1.29 is 4.79 Å². The highest BCUT2D eigenvalue weighted by molar-refractivity contribution is 14.1. The molecular weight excluding hydrogens is 413 g/mol. The molecule has 0 atom stereocenters. The molecule has 0 radical (unpaired) electrons. The second-order valence-corrected chi connectivity index (χ2v) is 7.35. The summed E-state index contributed by atoms with van der Waals surface area (Å²) >= 11 is 2.28. The van der Waals surface area contributed by atoms with Gasteiger partial charge in [-0.15, -0.1) is 0 Å². The largest absolute Gasteiger partial charge is 0.371 e. The van der Waals surface area contributed by atoms with Crippen LogP contribution in [0.2, 0.25) is 0 Å². The summed E-state index contributed by atoms with van der Waals surface area (Å²) in [5.41, 5.74) is 4.76. The van der Waals surface area contributed by atoms with Gasteiger partial charge >= 0.3 is 0 Å². The van der Waals surface area contributed by atoms with Gasteiger partial charge < -0.3 is 15.5 Å². The number of halogens is 1. The quantitative estimate of drug-likeness (QED) is 0.698. The molecule has 1 amide bonds. The van der Waals surface area contributed by atoms with Gasteiger partial charge in [-0.25, -0.2) is 0 Å². The first kappa shape index (κ1) is 15.5. The van der Waals surface area contributed by atoms with Gasteiger partial charge in [0, 0.05) is 28.4 Å². The maximum absolute atomic E-state index is 12.3. The molecule has 2 aliphatic rings. The third-order valence-corrected chi connectivity index (χ3v) is 5.08. The van der Waals surface area contributed by atoms with Gasteiger partial charge in [0.2, 0.25) is 0 Å². The number of fused-ring (bicyclic) bond motifs is 1. The molecular formula is C19H18IN3O. The lowest BCUT2D eigenvalue weighted by Gasteiger charge is -2.20. The van der Waals surface area contributed by atoms with Crippen molar-refractivity contribution in [2.24, 2.45) is 0 Å². The van der Waals surface area contributed by atoms with Crippen LogP contribution >= 0.6 is 22.6 Å². The molecule has 0 aliphatic carbocycles. The number of hydrogen-bond acceptors (Lipinski definition) is 3. The average Bonchev–Trinajstić information content (AvgIpc) is 3.04. The van der Waals surface area contributed by atoms with Gasteiger partial charge in [-0.05, 0) is 71.3 Å². The molecule has 0 bridgehead atoms. The van der Waals surface area contributed by atoms with E-state index in [0.29, 0.717) is 0 Å². The minimum Gasteiger partial charge on any atom is -0.371 e. The van der Waals surface area contributed by atoms with Gasteiger partial charge in [-0.3, -0.25) is 4.79 Å². The molecule has 1 fully saturated rings. The molecule has 2 N–H and O–H groups in total. The second kappa shape index (κ2) is 6.47. The number of amides is 1. The topological polar surface area (TPSA) is 44.4 Å². The first-order valence-corrected chi connectivity index (χ1v) is 9.21. The molecule has 2 heterocycles. The van der Waals surface area contributed by atoms with E-state index in [1.807, 2.05) is 18.2 Å². The first-order valence-electron chi connectivity index (χ1n) is 8.14. The van der Waals surface area contributed by atoms with Gasteiger partial charge in [-0.2, -0.15) is 0 Å². The standard InChI is InChI=1S/C19H18IN3O/c20-14-5-3-4-13(10-14)17-12-19(24)22-18-11-15(6-7-16(18)21-17)23-8-1-2-9-23/h3-7,10-12,21H,1-2,8-9H2,(H,22,24).